The normalized spacial score (nSPS) is 18.5. The highest BCUT2D eigenvalue weighted by Crippen LogP contribution is 2.29. The van der Waals surface area contributed by atoms with E-state index in [4.69, 9.17) is 4.98 Å². The van der Waals surface area contributed by atoms with E-state index < -0.39 is 5.97 Å². The largest absolute Gasteiger partial charge is 0.478 e. The summed E-state index contributed by atoms with van der Waals surface area (Å²) < 4.78 is 0. The molecule has 0 spiro atoms. The van der Waals surface area contributed by atoms with Crippen molar-refractivity contribution in [3.8, 4) is 0 Å². The fraction of sp³-hybridized carbons (Fsp3) is 0.476. The number of piperazine rings is 1. The number of nitrogens with zero attached hydrogens (tertiary/aromatic N) is 3. The first-order valence-corrected chi connectivity index (χ1v) is 9.94. The predicted molar refractivity (Wildman–Crippen MR) is 109 cm³/mol. The van der Waals surface area contributed by atoms with Crippen LogP contribution >= 0.6 is 0 Å². The van der Waals surface area contributed by atoms with Crippen molar-refractivity contribution in [3.05, 3.63) is 29.8 Å². The quantitative estimate of drug-likeness (QED) is 0.846. The molecular weight excluding hydrogens is 356 g/mol. The van der Waals surface area contributed by atoms with Crippen molar-refractivity contribution in [2.45, 2.75) is 25.7 Å². The van der Waals surface area contributed by atoms with E-state index >= 15 is 0 Å². The van der Waals surface area contributed by atoms with Crippen molar-refractivity contribution >= 4 is 34.3 Å². The number of fused-ring (bicyclic) bond motifs is 1. The van der Waals surface area contributed by atoms with Gasteiger partial charge in [-0.25, -0.2) is 9.78 Å². The van der Waals surface area contributed by atoms with E-state index in [0.29, 0.717) is 22.4 Å². The second kappa shape index (κ2) is 7.75. The van der Waals surface area contributed by atoms with Gasteiger partial charge in [0.1, 0.15) is 5.82 Å². The Kier molecular flexibility index (Phi) is 5.17. The van der Waals surface area contributed by atoms with Crippen molar-refractivity contribution in [2.75, 3.05) is 43.4 Å². The van der Waals surface area contributed by atoms with E-state index in [1.54, 1.807) is 18.2 Å². The zero-order valence-electron chi connectivity index (χ0n) is 16.1. The smallest absolute Gasteiger partial charge is 0.336 e. The molecule has 0 atom stereocenters. The average molecular weight is 382 g/mol. The van der Waals surface area contributed by atoms with Gasteiger partial charge in [-0.2, -0.15) is 0 Å². The van der Waals surface area contributed by atoms with E-state index in [1.807, 2.05) is 6.07 Å². The molecule has 2 fully saturated rings. The number of carboxylic acid groups (broad SMARTS) is 1. The van der Waals surface area contributed by atoms with E-state index in [0.717, 1.165) is 51.9 Å². The number of amides is 1. The summed E-state index contributed by atoms with van der Waals surface area (Å²) in [5, 5.41) is 13.3. The van der Waals surface area contributed by atoms with Gasteiger partial charge in [0.25, 0.3) is 0 Å². The van der Waals surface area contributed by atoms with Gasteiger partial charge >= 0.3 is 5.97 Å². The summed E-state index contributed by atoms with van der Waals surface area (Å²) in [6.07, 6.45) is 4.04. The van der Waals surface area contributed by atoms with E-state index in [-0.39, 0.29) is 17.4 Å². The van der Waals surface area contributed by atoms with Crippen LogP contribution in [-0.4, -0.2) is 60.1 Å². The summed E-state index contributed by atoms with van der Waals surface area (Å²) in [6.45, 7) is 3.50. The number of nitrogens with one attached hydrogen (secondary N) is 1. The van der Waals surface area contributed by atoms with Gasteiger partial charge in [-0.05, 0) is 44.2 Å². The zero-order chi connectivity index (χ0) is 19.7. The number of carboxylic acids is 1. The van der Waals surface area contributed by atoms with E-state index in [1.165, 1.54) is 0 Å². The van der Waals surface area contributed by atoms with Gasteiger partial charge in [0, 0.05) is 43.2 Å². The minimum atomic E-state index is -0.984. The van der Waals surface area contributed by atoms with E-state index in [9.17, 15) is 14.7 Å². The molecule has 1 saturated heterocycles. The SMILES string of the molecule is CN1CCN(c2cc(C(=O)O)c3cc(NC(=O)C4CCCC4)ccc3n2)CC1. The van der Waals surface area contributed by atoms with Gasteiger partial charge in [0.2, 0.25) is 5.91 Å². The fourth-order valence-corrected chi connectivity index (χ4v) is 4.10. The molecule has 148 valence electrons. The minimum Gasteiger partial charge on any atom is -0.478 e. The van der Waals surface area contributed by atoms with E-state index in [2.05, 4.69) is 22.2 Å². The number of carbonyl (C=O) groups is 2. The molecule has 1 aliphatic heterocycles. The molecule has 1 amide bonds. The number of carbonyl (C=O) groups excluding carboxylic acids is 1. The van der Waals surface area contributed by atoms with Crippen LogP contribution in [-0.2, 0) is 4.79 Å². The first kappa shape index (κ1) is 18.7. The standard InChI is InChI=1S/C21H26N4O3/c1-24-8-10-25(11-9-24)19-13-17(21(27)28)16-12-15(6-7-18(16)23-19)22-20(26)14-4-2-3-5-14/h6-7,12-14H,2-5,8-11H2,1H3,(H,22,26)(H,27,28). The van der Waals surface area contributed by atoms with Gasteiger partial charge in [-0.1, -0.05) is 12.8 Å². The molecule has 7 nitrogen and oxygen atoms in total. The third-order valence-corrected chi connectivity index (χ3v) is 5.85. The number of pyridine rings is 1. The Morgan fingerprint density at radius 2 is 1.82 bits per heavy atom. The number of benzene rings is 1. The lowest BCUT2D eigenvalue weighted by Crippen LogP contribution is -2.44. The molecule has 2 N–H and O–H groups in total. The maximum atomic E-state index is 12.4. The van der Waals surface area contributed by atoms with Crippen LogP contribution in [0, 0.1) is 5.92 Å². The second-order valence-electron chi connectivity index (χ2n) is 7.83. The topological polar surface area (TPSA) is 85.8 Å². The summed E-state index contributed by atoms with van der Waals surface area (Å²) in [5.74, 6) is -0.203. The molecule has 0 bridgehead atoms. The van der Waals surface area contributed by atoms with Crippen LogP contribution in [0.15, 0.2) is 24.3 Å². The molecule has 0 unspecified atom stereocenters. The van der Waals surface area contributed by atoms with Crippen LogP contribution in [0.3, 0.4) is 0 Å². The summed E-state index contributed by atoms with van der Waals surface area (Å²) in [7, 11) is 2.08. The Morgan fingerprint density at radius 1 is 1.11 bits per heavy atom. The number of hydrogen-bond acceptors (Lipinski definition) is 5. The van der Waals surface area contributed by atoms with Crippen LogP contribution in [0.1, 0.15) is 36.0 Å². The highest BCUT2D eigenvalue weighted by molar-refractivity contribution is 6.05. The number of hydrogen-bond donors (Lipinski definition) is 2. The average Bonchev–Trinajstić information content (AvgIpc) is 3.22. The number of aromatic nitrogens is 1. The summed E-state index contributed by atoms with van der Waals surface area (Å²) >= 11 is 0. The Labute approximate surface area is 164 Å². The molecule has 28 heavy (non-hydrogen) atoms. The lowest BCUT2D eigenvalue weighted by molar-refractivity contribution is -0.119. The molecule has 1 aliphatic carbocycles. The van der Waals surface area contributed by atoms with Gasteiger partial charge in [-0.3, -0.25) is 4.79 Å². The number of rotatable bonds is 4. The van der Waals surface area contributed by atoms with Crippen molar-refractivity contribution in [2.24, 2.45) is 5.92 Å². The molecule has 1 aromatic carbocycles. The Morgan fingerprint density at radius 3 is 2.50 bits per heavy atom. The predicted octanol–water partition coefficient (Wildman–Crippen LogP) is 2.81. The molecule has 2 heterocycles. The van der Waals surface area contributed by atoms with Crippen molar-refractivity contribution < 1.29 is 14.7 Å². The highest BCUT2D eigenvalue weighted by atomic mass is 16.4. The number of aromatic carboxylic acids is 1. The van der Waals surface area contributed by atoms with Crippen LogP contribution in [0.25, 0.3) is 10.9 Å². The van der Waals surface area contributed by atoms with Gasteiger partial charge < -0.3 is 20.2 Å². The van der Waals surface area contributed by atoms with Gasteiger partial charge in [0.05, 0.1) is 11.1 Å². The number of likely N-dealkylation sites (N-methyl/N-ethyl adjacent to an activating group) is 1. The van der Waals surface area contributed by atoms with Crippen molar-refractivity contribution in [3.63, 3.8) is 0 Å². The maximum Gasteiger partial charge on any atom is 0.336 e. The first-order chi connectivity index (χ1) is 13.5. The summed E-state index contributed by atoms with van der Waals surface area (Å²) in [6, 6.07) is 6.98. The van der Waals surface area contributed by atoms with Crippen LogP contribution < -0.4 is 10.2 Å². The highest BCUT2D eigenvalue weighted by Gasteiger charge is 2.23. The molecule has 4 rings (SSSR count). The lowest BCUT2D eigenvalue weighted by Gasteiger charge is -2.33. The van der Waals surface area contributed by atoms with Gasteiger partial charge in [-0.15, -0.1) is 0 Å². The molecule has 7 heteroatoms. The monoisotopic (exact) mass is 382 g/mol. The molecule has 2 aliphatic rings. The van der Waals surface area contributed by atoms with Crippen molar-refractivity contribution in [1.29, 1.82) is 0 Å². The van der Waals surface area contributed by atoms with Crippen LogP contribution in [0.5, 0.6) is 0 Å². The molecular formula is C21H26N4O3. The first-order valence-electron chi connectivity index (χ1n) is 9.94. The molecule has 1 aromatic heterocycles. The summed E-state index contributed by atoms with van der Waals surface area (Å²) in [4.78, 5) is 33.4. The molecule has 1 saturated carbocycles. The minimum absolute atomic E-state index is 0.0238. The Hall–Kier alpha value is -2.67. The lowest BCUT2D eigenvalue weighted by atomic mass is 10.1. The summed E-state index contributed by atoms with van der Waals surface area (Å²) in [5.41, 5.74) is 1.48. The molecule has 2 aromatic rings. The van der Waals surface area contributed by atoms with Gasteiger partial charge in [0.15, 0.2) is 0 Å². The van der Waals surface area contributed by atoms with Crippen LogP contribution in [0.4, 0.5) is 11.5 Å². The van der Waals surface area contributed by atoms with Crippen LogP contribution in [0.2, 0.25) is 0 Å². The molecule has 0 radical (unpaired) electrons. The maximum absolute atomic E-state index is 12.4. The zero-order valence-corrected chi connectivity index (χ0v) is 16.1. The second-order valence-corrected chi connectivity index (χ2v) is 7.83. The third-order valence-electron chi connectivity index (χ3n) is 5.85. The fourth-order valence-electron chi connectivity index (χ4n) is 4.10. The number of anilines is 2. The Balaban J connectivity index is 1.64. The van der Waals surface area contributed by atoms with Crippen molar-refractivity contribution in [1.82, 2.24) is 9.88 Å². The Bertz CT molecular complexity index is 900. The third kappa shape index (κ3) is 3.80.